The van der Waals surface area contributed by atoms with Crippen LogP contribution in [0.2, 0.25) is 0 Å². The second-order valence-electron chi connectivity index (χ2n) is 11.8. The van der Waals surface area contributed by atoms with Gasteiger partial charge in [-0.3, -0.25) is 0 Å². The van der Waals surface area contributed by atoms with E-state index in [0.29, 0.717) is 11.8 Å². The van der Waals surface area contributed by atoms with Gasteiger partial charge >= 0.3 is 7.48 Å². The quantitative estimate of drug-likeness (QED) is 0.321. The summed E-state index contributed by atoms with van der Waals surface area (Å²) in [4.78, 5) is 0. The first-order valence-electron chi connectivity index (χ1n) is 13.7. The fraction of sp³-hybridized carbons (Fsp3) is 0.257. The van der Waals surface area contributed by atoms with E-state index in [1.807, 2.05) is 33.5 Å². The maximum atomic E-state index is 6.35. The predicted molar refractivity (Wildman–Crippen MR) is 161 cm³/mol. The van der Waals surface area contributed by atoms with Gasteiger partial charge in [-0.25, -0.2) is 0 Å². The van der Waals surface area contributed by atoms with Crippen LogP contribution in [0.3, 0.4) is 0 Å². The van der Waals surface area contributed by atoms with E-state index in [1.54, 1.807) is 7.11 Å². The van der Waals surface area contributed by atoms with Crippen molar-refractivity contribution in [2.45, 2.75) is 38.9 Å². The Balaban J connectivity index is 1.32. The number of hydrogen-bond donors (Lipinski definition) is 0. The molecule has 4 heteroatoms. The van der Waals surface area contributed by atoms with Crippen LogP contribution in [-0.2, 0) is 9.39 Å². The summed E-state index contributed by atoms with van der Waals surface area (Å²) in [7, 11) is 3.58. The van der Waals surface area contributed by atoms with Crippen LogP contribution in [0.25, 0.3) is 27.5 Å². The number of fused-ring (bicyclic) bond motifs is 3. The lowest BCUT2D eigenvalue weighted by atomic mass is 9.63. The molecule has 1 aromatic heterocycles. The summed E-state index contributed by atoms with van der Waals surface area (Å²) in [5, 5.41) is 2.16. The Morgan fingerprint density at radius 2 is 1.54 bits per heavy atom. The largest absolute Gasteiger partial charge is 0.456 e. The standard InChI is InChI=1S/C35H32BO3/c1-34(2,37-5)35(3,4)39-36-28-10-7-11-30-33(28)27-20-24(16-19-29(27)38-30)25-17-14-23-13-12-21-8-6-9-22-15-18-26(25)32(23)31(21)22/h6-20,31-32H,1-5H3. The van der Waals surface area contributed by atoms with E-state index in [4.69, 9.17) is 13.8 Å². The minimum Gasteiger partial charge on any atom is -0.456 e. The van der Waals surface area contributed by atoms with E-state index in [0.717, 1.165) is 27.4 Å². The highest BCUT2D eigenvalue weighted by Gasteiger charge is 2.39. The first-order valence-corrected chi connectivity index (χ1v) is 13.7. The van der Waals surface area contributed by atoms with Crippen molar-refractivity contribution < 1.29 is 13.8 Å². The lowest BCUT2D eigenvalue weighted by Crippen LogP contribution is -2.50. The second kappa shape index (κ2) is 8.71. The molecule has 0 saturated carbocycles. The average molecular weight is 511 g/mol. The van der Waals surface area contributed by atoms with E-state index >= 15 is 0 Å². The van der Waals surface area contributed by atoms with Crippen LogP contribution in [0, 0.1) is 11.8 Å². The van der Waals surface area contributed by atoms with Crippen LogP contribution >= 0.6 is 0 Å². The summed E-state index contributed by atoms with van der Waals surface area (Å²) in [6.07, 6.45) is 20.5. The molecule has 0 spiro atoms. The molecule has 0 amide bonds. The van der Waals surface area contributed by atoms with Gasteiger partial charge < -0.3 is 13.8 Å². The van der Waals surface area contributed by atoms with Gasteiger partial charge in [0.05, 0.1) is 11.2 Å². The van der Waals surface area contributed by atoms with E-state index in [1.165, 1.54) is 33.4 Å². The Morgan fingerprint density at radius 1 is 0.769 bits per heavy atom. The zero-order valence-electron chi connectivity index (χ0n) is 23.1. The lowest BCUT2D eigenvalue weighted by Gasteiger charge is -2.40. The molecule has 2 unspecified atom stereocenters. The van der Waals surface area contributed by atoms with E-state index in [-0.39, 0.29) is 0 Å². The molecular weight excluding hydrogens is 479 g/mol. The molecule has 4 aliphatic rings. The minimum absolute atomic E-state index is 0.353. The topological polar surface area (TPSA) is 31.6 Å². The molecule has 1 radical (unpaired) electrons. The highest BCUT2D eigenvalue weighted by atomic mass is 16.5. The normalized spacial score (nSPS) is 21.7. The van der Waals surface area contributed by atoms with E-state index in [9.17, 15) is 0 Å². The molecular formula is C35H32BO3. The number of furan rings is 1. The predicted octanol–water partition coefficient (Wildman–Crippen LogP) is 7.54. The Bertz CT molecular complexity index is 1750. The number of rotatable bonds is 6. The van der Waals surface area contributed by atoms with Crippen molar-refractivity contribution in [3.8, 4) is 0 Å². The zero-order valence-corrected chi connectivity index (χ0v) is 23.1. The Hall–Kier alpha value is -3.60. The van der Waals surface area contributed by atoms with Gasteiger partial charge in [0, 0.05) is 29.7 Å². The van der Waals surface area contributed by atoms with Gasteiger partial charge in [-0.1, -0.05) is 72.9 Å². The summed E-state index contributed by atoms with van der Waals surface area (Å²) < 4.78 is 18.4. The van der Waals surface area contributed by atoms with Gasteiger partial charge in [-0.15, -0.1) is 0 Å². The van der Waals surface area contributed by atoms with Crippen molar-refractivity contribution in [3.05, 3.63) is 119 Å². The fourth-order valence-corrected chi connectivity index (χ4v) is 6.18. The summed E-state index contributed by atoms with van der Waals surface area (Å²) in [6, 6.07) is 12.7. The summed E-state index contributed by atoms with van der Waals surface area (Å²) in [5.41, 5.74) is 9.79. The van der Waals surface area contributed by atoms with Crippen molar-refractivity contribution in [1.82, 2.24) is 0 Å². The molecule has 7 rings (SSSR count). The third kappa shape index (κ3) is 3.73. The number of benzene rings is 2. The van der Waals surface area contributed by atoms with Crippen LogP contribution < -0.4 is 5.46 Å². The van der Waals surface area contributed by atoms with Crippen molar-refractivity contribution in [1.29, 1.82) is 0 Å². The monoisotopic (exact) mass is 511 g/mol. The summed E-state index contributed by atoms with van der Waals surface area (Å²) >= 11 is 0. The third-order valence-corrected chi connectivity index (χ3v) is 9.28. The van der Waals surface area contributed by atoms with Gasteiger partial charge in [0.2, 0.25) is 0 Å². The summed E-state index contributed by atoms with van der Waals surface area (Å²) in [5.74, 6) is 0.748. The third-order valence-electron chi connectivity index (χ3n) is 9.28. The van der Waals surface area contributed by atoms with Crippen LogP contribution in [-0.4, -0.2) is 25.8 Å². The number of allylic oxidation sites excluding steroid dienone is 14. The van der Waals surface area contributed by atoms with Crippen LogP contribution in [0.1, 0.15) is 33.3 Å². The molecule has 39 heavy (non-hydrogen) atoms. The molecule has 0 N–H and O–H groups in total. The molecule has 0 saturated heterocycles. The highest BCUT2D eigenvalue weighted by molar-refractivity contribution is 6.52. The molecule has 3 nitrogen and oxygen atoms in total. The molecule has 193 valence electrons. The van der Waals surface area contributed by atoms with Crippen molar-refractivity contribution >= 4 is 40.5 Å². The van der Waals surface area contributed by atoms with Crippen LogP contribution in [0.5, 0.6) is 0 Å². The molecule has 2 atom stereocenters. The average Bonchev–Trinajstić information content (AvgIpc) is 3.33. The number of methoxy groups -OCH3 is 1. The Labute approximate surface area is 230 Å². The Morgan fingerprint density at radius 3 is 2.36 bits per heavy atom. The van der Waals surface area contributed by atoms with Gasteiger partial charge in [-0.05, 0) is 84.8 Å². The zero-order chi connectivity index (χ0) is 26.9. The first-order chi connectivity index (χ1) is 18.8. The van der Waals surface area contributed by atoms with Gasteiger partial charge in [0.25, 0.3) is 0 Å². The molecule has 0 fully saturated rings. The van der Waals surface area contributed by atoms with Crippen molar-refractivity contribution in [2.24, 2.45) is 11.8 Å². The van der Waals surface area contributed by atoms with Crippen molar-refractivity contribution in [3.63, 3.8) is 0 Å². The van der Waals surface area contributed by atoms with Crippen LogP contribution in [0.15, 0.2) is 118 Å². The lowest BCUT2D eigenvalue weighted by molar-refractivity contribution is -0.114. The summed E-state index contributed by atoms with van der Waals surface area (Å²) in [6.45, 7) is 8.19. The molecule has 0 aliphatic heterocycles. The van der Waals surface area contributed by atoms with Gasteiger partial charge in [0.15, 0.2) is 0 Å². The van der Waals surface area contributed by atoms with E-state index < -0.39 is 11.2 Å². The van der Waals surface area contributed by atoms with Gasteiger partial charge in [-0.2, -0.15) is 0 Å². The van der Waals surface area contributed by atoms with Gasteiger partial charge in [0.1, 0.15) is 11.2 Å². The maximum Gasteiger partial charge on any atom is 0.331 e. The molecule has 1 heterocycles. The molecule has 4 aliphatic carbocycles. The fourth-order valence-electron chi connectivity index (χ4n) is 6.18. The maximum absolute atomic E-state index is 6.35. The SMILES string of the molecule is COC(C)(C)C(C)(C)O[B]c1cccc2oc3ccc(C4=C5C=CC6=CC=CC7=CC=C(C=C4)C5C67)cc3c12. The second-order valence-corrected chi connectivity index (χ2v) is 11.8. The van der Waals surface area contributed by atoms with Crippen molar-refractivity contribution in [2.75, 3.05) is 7.11 Å². The minimum atomic E-state index is -0.526. The highest BCUT2D eigenvalue weighted by Crippen LogP contribution is 2.51. The molecule has 3 aromatic rings. The number of ether oxygens (including phenoxy) is 1. The smallest absolute Gasteiger partial charge is 0.331 e. The molecule has 2 aromatic carbocycles. The molecule has 0 bridgehead atoms. The first kappa shape index (κ1) is 24.4. The van der Waals surface area contributed by atoms with E-state index in [2.05, 4.69) is 92.8 Å². The number of hydrogen-bond acceptors (Lipinski definition) is 3. The Kier molecular flexibility index (Phi) is 5.46. The van der Waals surface area contributed by atoms with Crippen LogP contribution in [0.4, 0.5) is 0 Å².